The fraction of sp³-hybridized carbons (Fsp3) is 0.538. The van der Waals surface area contributed by atoms with E-state index in [1.165, 1.54) is 5.69 Å². The quantitative estimate of drug-likeness (QED) is 0.762. The summed E-state index contributed by atoms with van der Waals surface area (Å²) in [6.45, 7) is 5.91. The van der Waals surface area contributed by atoms with Gasteiger partial charge < -0.3 is 9.64 Å². The van der Waals surface area contributed by atoms with Crippen molar-refractivity contribution in [3.8, 4) is 0 Å². The van der Waals surface area contributed by atoms with Crippen molar-refractivity contribution in [2.45, 2.75) is 31.9 Å². The van der Waals surface area contributed by atoms with Gasteiger partial charge in [-0.15, -0.1) is 11.6 Å². The Labute approximate surface area is 112 Å². The first-order valence-corrected chi connectivity index (χ1v) is 6.75. The van der Waals surface area contributed by atoms with Crippen LogP contribution in [0.2, 0.25) is 5.02 Å². The number of benzene rings is 1. The Hall–Kier alpha value is -0.440. The van der Waals surface area contributed by atoms with Crippen LogP contribution in [-0.2, 0) is 10.6 Å². The average molecular weight is 274 g/mol. The van der Waals surface area contributed by atoms with Gasteiger partial charge in [0, 0.05) is 29.2 Å². The summed E-state index contributed by atoms with van der Waals surface area (Å²) in [4.78, 5) is 2.35. The van der Waals surface area contributed by atoms with Crippen LogP contribution in [0.15, 0.2) is 18.2 Å². The summed E-state index contributed by atoms with van der Waals surface area (Å²) < 4.78 is 5.64. The third-order valence-electron chi connectivity index (χ3n) is 3.10. The lowest BCUT2D eigenvalue weighted by Gasteiger charge is -2.39. The number of hydrogen-bond donors (Lipinski definition) is 0. The summed E-state index contributed by atoms with van der Waals surface area (Å²) >= 11 is 12.0. The van der Waals surface area contributed by atoms with Gasteiger partial charge in [0.1, 0.15) is 0 Å². The van der Waals surface area contributed by atoms with Crippen molar-refractivity contribution in [2.24, 2.45) is 0 Å². The summed E-state index contributed by atoms with van der Waals surface area (Å²) in [7, 11) is 0. The van der Waals surface area contributed by atoms with Gasteiger partial charge in [0.05, 0.1) is 12.7 Å². The van der Waals surface area contributed by atoms with Gasteiger partial charge in [-0.25, -0.2) is 0 Å². The molecule has 0 saturated carbocycles. The molecule has 0 spiro atoms. The third kappa shape index (κ3) is 2.87. The maximum atomic E-state index is 6.00. The molecule has 0 amide bonds. The molecule has 4 heteroatoms. The van der Waals surface area contributed by atoms with Crippen LogP contribution in [0.3, 0.4) is 0 Å². The predicted octanol–water partition coefficient (Wildman–Crippen LogP) is 3.69. The summed E-state index contributed by atoms with van der Waals surface area (Å²) in [6, 6.07) is 6.28. The molecule has 0 aromatic heterocycles. The van der Waals surface area contributed by atoms with Crippen LogP contribution in [0.4, 0.5) is 5.69 Å². The first kappa shape index (κ1) is 13.0. The smallest absolute Gasteiger partial charge is 0.0723 e. The van der Waals surface area contributed by atoms with Crippen molar-refractivity contribution >= 4 is 28.9 Å². The molecule has 0 aliphatic carbocycles. The highest BCUT2D eigenvalue weighted by atomic mass is 35.5. The van der Waals surface area contributed by atoms with Gasteiger partial charge in [0.25, 0.3) is 0 Å². The molecule has 1 saturated heterocycles. The maximum absolute atomic E-state index is 6.00. The van der Waals surface area contributed by atoms with Crippen LogP contribution in [0.5, 0.6) is 0 Å². The van der Waals surface area contributed by atoms with Gasteiger partial charge in [-0.3, -0.25) is 0 Å². The average Bonchev–Trinajstić information content (AvgIpc) is 2.32. The summed E-state index contributed by atoms with van der Waals surface area (Å²) in [5.41, 5.74) is 2.26. The van der Waals surface area contributed by atoms with E-state index < -0.39 is 0 Å². The molecule has 2 atom stereocenters. The number of anilines is 1. The fourth-order valence-corrected chi connectivity index (χ4v) is 2.59. The molecule has 0 bridgehead atoms. The molecule has 2 nitrogen and oxygen atoms in total. The largest absolute Gasteiger partial charge is 0.375 e. The summed E-state index contributed by atoms with van der Waals surface area (Å²) in [5, 5.41) is 0.735. The first-order chi connectivity index (χ1) is 8.11. The van der Waals surface area contributed by atoms with E-state index in [1.54, 1.807) is 0 Å². The summed E-state index contributed by atoms with van der Waals surface area (Å²) in [5.74, 6) is 0.481. The molecule has 17 heavy (non-hydrogen) atoms. The second-order valence-electron chi connectivity index (χ2n) is 4.55. The second kappa shape index (κ2) is 5.47. The van der Waals surface area contributed by atoms with Crippen LogP contribution in [0.1, 0.15) is 19.4 Å². The first-order valence-electron chi connectivity index (χ1n) is 5.84. The van der Waals surface area contributed by atoms with Gasteiger partial charge >= 0.3 is 0 Å². The monoisotopic (exact) mass is 273 g/mol. The zero-order chi connectivity index (χ0) is 12.4. The van der Waals surface area contributed by atoms with Gasteiger partial charge in [-0.05, 0) is 37.6 Å². The van der Waals surface area contributed by atoms with Crippen molar-refractivity contribution < 1.29 is 4.74 Å². The molecule has 2 unspecified atom stereocenters. The third-order valence-corrected chi connectivity index (χ3v) is 3.63. The van der Waals surface area contributed by atoms with Crippen molar-refractivity contribution in [3.63, 3.8) is 0 Å². The Balaban J connectivity index is 2.31. The van der Waals surface area contributed by atoms with Crippen molar-refractivity contribution in [2.75, 3.05) is 18.1 Å². The van der Waals surface area contributed by atoms with Gasteiger partial charge in [-0.2, -0.15) is 0 Å². The number of ether oxygens (including phenoxy) is 1. The van der Waals surface area contributed by atoms with Crippen molar-refractivity contribution in [3.05, 3.63) is 28.8 Å². The molecular weight excluding hydrogens is 257 g/mol. The lowest BCUT2D eigenvalue weighted by Crippen LogP contribution is -2.47. The molecule has 1 aliphatic heterocycles. The van der Waals surface area contributed by atoms with Crippen LogP contribution < -0.4 is 4.90 Å². The van der Waals surface area contributed by atoms with Crippen LogP contribution in [0.25, 0.3) is 0 Å². The minimum Gasteiger partial charge on any atom is -0.375 e. The Bertz CT molecular complexity index is 397. The van der Waals surface area contributed by atoms with Crippen LogP contribution in [-0.4, -0.2) is 25.3 Å². The number of alkyl halides is 1. The molecule has 0 radical (unpaired) electrons. The Morgan fingerprint density at radius 1 is 1.41 bits per heavy atom. The molecule has 1 aromatic rings. The van der Waals surface area contributed by atoms with Crippen molar-refractivity contribution in [1.29, 1.82) is 0 Å². The lowest BCUT2D eigenvalue weighted by molar-refractivity contribution is 0.0343. The van der Waals surface area contributed by atoms with E-state index in [0.717, 1.165) is 23.7 Å². The number of nitrogens with zero attached hydrogens (tertiary/aromatic N) is 1. The molecular formula is C13H17Cl2NO. The molecule has 94 valence electrons. The highest BCUT2D eigenvalue weighted by Gasteiger charge is 2.25. The number of rotatable bonds is 2. The molecule has 1 fully saturated rings. The zero-order valence-corrected chi connectivity index (χ0v) is 11.6. The Morgan fingerprint density at radius 3 is 2.88 bits per heavy atom. The van der Waals surface area contributed by atoms with Gasteiger partial charge in [0.15, 0.2) is 0 Å². The lowest BCUT2D eigenvalue weighted by atomic mass is 10.1. The minimum atomic E-state index is 0.255. The van der Waals surface area contributed by atoms with Crippen LogP contribution in [0, 0.1) is 0 Å². The fourth-order valence-electron chi connectivity index (χ4n) is 2.18. The van der Waals surface area contributed by atoms with E-state index in [4.69, 9.17) is 27.9 Å². The number of morpholine rings is 1. The van der Waals surface area contributed by atoms with Crippen molar-refractivity contribution in [1.82, 2.24) is 0 Å². The standard InChI is InChI=1S/C13H17Cl2NO/c1-9-8-17-10(2)7-16(9)13-4-3-12(15)5-11(13)6-14/h3-5,9-10H,6-8H2,1-2H3. The summed E-state index contributed by atoms with van der Waals surface area (Å²) in [6.07, 6.45) is 0.255. The molecule has 1 heterocycles. The molecule has 0 N–H and O–H groups in total. The van der Waals surface area contributed by atoms with E-state index in [9.17, 15) is 0 Å². The minimum absolute atomic E-state index is 0.255. The van der Waals surface area contributed by atoms with E-state index in [1.807, 2.05) is 12.1 Å². The zero-order valence-electron chi connectivity index (χ0n) is 10.1. The predicted molar refractivity (Wildman–Crippen MR) is 73.2 cm³/mol. The number of hydrogen-bond acceptors (Lipinski definition) is 2. The van der Waals surface area contributed by atoms with E-state index >= 15 is 0 Å². The van der Waals surface area contributed by atoms with E-state index in [0.29, 0.717) is 11.9 Å². The highest BCUT2D eigenvalue weighted by molar-refractivity contribution is 6.30. The topological polar surface area (TPSA) is 12.5 Å². The van der Waals surface area contributed by atoms with E-state index in [-0.39, 0.29) is 6.10 Å². The Kier molecular flexibility index (Phi) is 4.18. The van der Waals surface area contributed by atoms with Gasteiger partial charge in [0.2, 0.25) is 0 Å². The van der Waals surface area contributed by atoms with E-state index in [2.05, 4.69) is 24.8 Å². The van der Waals surface area contributed by atoms with Gasteiger partial charge in [-0.1, -0.05) is 11.6 Å². The normalized spacial score (nSPS) is 25.1. The maximum Gasteiger partial charge on any atom is 0.0723 e. The SMILES string of the molecule is CC1CN(c2ccc(Cl)cc2CCl)C(C)CO1. The molecule has 1 aliphatic rings. The molecule has 1 aromatic carbocycles. The Morgan fingerprint density at radius 2 is 2.18 bits per heavy atom. The highest BCUT2D eigenvalue weighted by Crippen LogP contribution is 2.29. The molecule has 2 rings (SSSR count). The number of halogens is 2. The van der Waals surface area contributed by atoms with Crippen LogP contribution >= 0.6 is 23.2 Å². The second-order valence-corrected chi connectivity index (χ2v) is 5.26.